The van der Waals surface area contributed by atoms with Crippen molar-refractivity contribution in [3.8, 4) is 0 Å². The summed E-state index contributed by atoms with van der Waals surface area (Å²) in [6.45, 7) is 18.7. The van der Waals surface area contributed by atoms with Crippen LogP contribution in [0.5, 0.6) is 0 Å². The van der Waals surface area contributed by atoms with Crippen molar-refractivity contribution in [1.82, 2.24) is 0 Å². The number of nitrogens with zero attached hydrogens (tertiary/aromatic N) is 1. The number of quaternary nitrogens is 1. The summed E-state index contributed by atoms with van der Waals surface area (Å²) in [6, 6.07) is 6.28. The molecular weight excluding hydrogens is 346 g/mol. The highest BCUT2D eigenvalue weighted by Crippen LogP contribution is 2.30. The van der Waals surface area contributed by atoms with Gasteiger partial charge < -0.3 is 14.7 Å². The quantitative estimate of drug-likeness (QED) is 0.413. The minimum absolute atomic E-state index is 0.890. The van der Waals surface area contributed by atoms with Crippen LogP contribution in [0.25, 0.3) is 0 Å². The molecule has 2 N–H and O–H groups in total. The maximum Gasteiger partial charge on any atom is 0.104 e. The second kappa shape index (κ2) is 10.8. The Hall–Kier alpha value is -0.900. The van der Waals surface area contributed by atoms with E-state index in [1.165, 1.54) is 63.7 Å². The first-order valence-corrected chi connectivity index (χ1v) is 11.4. The van der Waals surface area contributed by atoms with Crippen LogP contribution in [0, 0.1) is 0 Å². The van der Waals surface area contributed by atoms with Crippen LogP contribution in [0.1, 0.15) is 104 Å². The van der Waals surface area contributed by atoms with E-state index in [2.05, 4.69) is 32.9 Å². The number of unbranched alkanes of at least 4 members (excludes halogenated alkanes) is 3. The largest absolute Gasteiger partial charge is 0.386 e. The Kier molecular flexibility index (Phi) is 9.66. The van der Waals surface area contributed by atoms with E-state index in [4.69, 9.17) is 0 Å². The van der Waals surface area contributed by atoms with Crippen LogP contribution in [0.2, 0.25) is 0 Å². The molecule has 162 valence electrons. The zero-order valence-corrected chi connectivity index (χ0v) is 19.6. The zero-order valence-electron chi connectivity index (χ0n) is 19.6. The standard InChI is InChI=1S/C25H46NO2/c1-8-11-14-26(15-12-9-2,16-13-10-3)20-21-17-22(24(4,5)27)19-23(18-21)25(6,7)28/h17-19,27-28H,8-16,20H2,1-7H3/q+1. The van der Waals surface area contributed by atoms with Gasteiger partial charge in [0.2, 0.25) is 0 Å². The van der Waals surface area contributed by atoms with E-state index >= 15 is 0 Å². The maximum atomic E-state index is 10.6. The van der Waals surface area contributed by atoms with E-state index in [0.717, 1.165) is 22.2 Å². The summed E-state index contributed by atoms with van der Waals surface area (Å²) in [5.41, 5.74) is 1.19. The normalized spacial score (nSPS) is 13.2. The van der Waals surface area contributed by atoms with Gasteiger partial charge >= 0.3 is 0 Å². The topological polar surface area (TPSA) is 40.5 Å². The first kappa shape index (κ1) is 25.1. The first-order valence-electron chi connectivity index (χ1n) is 11.4. The van der Waals surface area contributed by atoms with Gasteiger partial charge in [0, 0.05) is 5.56 Å². The summed E-state index contributed by atoms with van der Waals surface area (Å²) in [5.74, 6) is 0. The third-order valence-electron chi connectivity index (χ3n) is 5.88. The Morgan fingerprint density at radius 3 is 1.32 bits per heavy atom. The highest BCUT2D eigenvalue weighted by molar-refractivity contribution is 5.35. The molecule has 3 heteroatoms. The van der Waals surface area contributed by atoms with Crippen LogP contribution in [0.15, 0.2) is 18.2 Å². The maximum absolute atomic E-state index is 10.6. The van der Waals surface area contributed by atoms with E-state index < -0.39 is 11.2 Å². The molecule has 1 aromatic carbocycles. The summed E-state index contributed by atoms with van der Waals surface area (Å²) in [7, 11) is 0. The minimum Gasteiger partial charge on any atom is -0.386 e. The fourth-order valence-corrected chi connectivity index (χ4v) is 3.93. The van der Waals surface area contributed by atoms with Crippen molar-refractivity contribution in [1.29, 1.82) is 0 Å². The van der Waals surface area contributed by atoms with Crippen molar-refractivity contribution in [2.24, 2.45) is 0 Å². The monoisotopic (exact) mass is 392 g/mol. The van der Waals surface area contributed by atoms with Crippen molar-refractivity contribution < 1.29 is 14.7 Å². The van der Waals surface area contributed by atoms with E-state index in [-0.39, 0.29) is 0 Å². The molecule has 0 aliphatic heterocycles. The van der Waals surface area contributed by atoms with Gasteiger partial charge in [-0.15, -0.1) is 0 Å². The summed E-state index contributed by atoms with van der Waals surface area (Å²) >= 11 is 0. The van der Waals surface area contributed by atoms with Crippen LogP contribution < -0.4 is 0 Å². The van der Waals surface area contributed by atoms with Crippen LogP contribution in [0.4, 0.5) is 0 Å². The van der Waals surface area contributed by atoms with E-state index in [1.807, 2.05) is 33.8 Å². The van der Waals surface area contributed by atoms with E-state index in [0.29, 0.717) is 0 Å². The average molecular weight is 393 g/mol. The molecule has 0 radical (unpaired) electrons. The number of hydrogen-bond donors (Lipinski definition) is 2. The fraction of sp³-hybridized carbons (Fsp3) is 0.760. The van der Waals surface area contributed by atoms with Crippen molar-refractivity contribution >= 4 is 0 Å². The molecule has 1 aromatic rings. The first-order chi connectivity index (χ1) is 13.0. The fourth-order valence-electron chi connectivity index (χ4n) is 3.93. The second-order valence-corrected chi connectivity index (χ2v) is 9.77. The summed E-state index contributed by atoms with van der Waals surface area (Å²) < 4.78 is 1.12. The highest BCUT2D eigenvalue weighted by atomic mass is 16.3. The predicted molar refractivity (Wildman–Crippen MR) is 120 cm³/mol. The van der Waals surface area contributed by atoms with Gasteiger partial charge in [0.15, 0.2) is 0 Å². The number of rotatable bonds is 13. The molecule has 1 rings (SSSR count). The summed E-state index contributed by atoms with van der Waals surface area (Å²) in [5, 5.41) is 21.3. The number of hydrogen-bond acceptors (Lipinski definition) is 2. The van der Waals surface area contributed by atoms with Crippen molar-refractivity contribution in [2.45, 2.75) is 105 Å². The van der Waals surface area contributed by atoms with Gasteiger partial charge in [0.25, 0.3) is 0 Å². The lowest BCUT2D eigenvalue weighted by Gasteiger charge is -2.40. The SMILES string of the molecule is CCCC[N+](CCCC)(CCCC)Cc1cc(C(C)(C)O)cc(C(C)(C)O)c1. The van der Waals surface area contributed by atoms with Crippen LogP contribution >= 0.6 is 0 Å². The second-order valence-electron chi connectivity index (χ2n) is 9.77. The Balaban J connectivity index is 3.37. The van der Waals surface area contributed by atoms with E-state index in [9.17, 15) is 10.2 Å². The molecule has 0 bridgehead atoms. The molecule has 0 unspecified atom stereocenters. The summed E-state index contributed by atoms with van der Waals surface area (Å²) in [6.07, 6.45) is 7.40. The molecule has 28 heavy (non-hydrogen) atoms. The molecule has 0 heterocycles. The predicted octanol–water partition coefficient (Wildman–Crippen LogP) is 5.86. The van der Waals surface area contributed by atoms with Crippen molar-refractivity contribution in [2.75, 3.05) is 19.6 Å². The third kappa shape index (κ3) is 7.85. The molecule has 0 aliphatic carbocycles. The highest BCUT2D eigenvalue weighted by Gasteiger charge is 2.29. The van der Waals surface area contributed by atoms with Crippen LogP contribution in [-0.2, 0) is 17.7 Å². The Bertz CT molecular complexity index is 527. The van der Waals surface area contributed by atoms with Crippen LogP contribution in [0.3, 0.4) is 0 Å². The smallest absolute Gasteiger partial charge is 0.104 e. The van der Waals surface area contributed by atoms with Crippen molar-refractivity contribution in [3.05, 3.63) is 34.9 Å². The molecule has 0 saturated heterocycles. The van der Waals surface area contributed by atoms with Gasteiger partial charge in [0.1, 0.15) is 6.54 Å². The number of aliphatic hydroxyl groups is 2. The molecule has 0 fully saturated rings. The Morgan fingerprint density at radius 1 is 0.679 bits per heavy atom. The Labute approximate surface area is 174 Å². The lowest BCUT2D eigenvalue weighted by atomic mass is 9.88. The third-order valence-corrected chi connectivity index (χ3v) is 5.88. The van der Waals surface area contributed by atoms with Gasteiger partial charge in [0.05, 0.1) is 30.8 Å². The van der Waals surface area contributed by atoms with Gasteiger partial charge in [-0.1, -0.05) is 46.1 Å². The van der Waals surface area contributed by atoms with Crippen LogP contribution in [-0.4, -0.2) is 34.3 Å². The average Bonchev–Trinajstić information content (AvgIpc) is 2.61. The molecule has 0 aliphatic rings. The molecular formula is C25H46NO2+. The molecule has 0 atom stereocenters. The zero-order chi connectivity index (χ0) is 21.4. The molecule has 3 nitrogen and oxygen atoms in total. The lowest BCUT2D eigenvalue weighted by Crippen LogP contribution is -2.49. The van der Waals surface area contributed by atoms with Gasteiger partial charge in [-0.25, -0.2) is 0 Å². The van der Waals surface area contributed by atoms with Gasteiger partial charge in [-0.05, 0) is 70.2 Å². The number of benzene rings is 1. The van der Waals surface area contributed by atoms with E-state index in [1.54, 1.807) is 0 Å². The van der Waals surface area contributed by atoms with Gasteiger partial charge in [-0.3, -0.25) is 0 Å². The molecule has 0 saturated carbocycles. The molecule has 0 aromatic heterocycles. The molecule has 0 spiro atoms. The molecule has 0 amide bonds. The minimum atomic E-state index is -0.915. The van der Waals surface area contributed by atoms with Crippen molar-refractivity contribution in [3.63, 3.8) is 0 Å². The Morgan fingerprint density at radius 2 is 1.04 bits per heavy atom. The lowest BCUT2D eigenvalue weighted by molar-refractivity contribution is -0.941. The van der Waals surface area contributed by atoms with Gasteiger partial charge in [-0.2, -0.15) is 0 Å². The summed E-state index contributed by atoms with van der Waals surface area (Å²) in [4.78, 5) is 0.